The fourth-order valence-corrected chi connectivity index (χ4v) is 3.77. The second-order valence-electron chi connectivity index (χ2n) is 7.49. The van der Waals surface area contributed by atoms with Crippen molar-refractivity contribution in [2.45, 2.75) is 27.2 Å². The third-order valence-corrected chi connectivity index (χ3v) is 5.49. The van der Waals surface area contributed by atoms with Gasteiger partial charge in [-0.2, -0.15) is 0 Å². The summed E-state index contributed by atoms with van der Waals surface area (Å²) in [5, 5.41) is 0.745. The number of nitrogens with one attached hydrogen (secondary N) is 1. The van der Waals surface area contributed by atoms with Crippen LogP contribution < -0.4 is 4.90 Å². The highest BCUT2D eigenvalue weighted by Crippen LogP contribution is 2.22. The molecule has 6 nitrogen and oxygen atoms in total. The Kier molecular flexibility index (Phi) is 6.16. The molecule has 7 heteroatoms. The maximum atomic E-state index is 6.16. The van der Waals surface area contributed by atoms with E-state index in [-0.39, 0.29) is 0 Å². The van der Waals surface area contributed by atoms with Gasteiger partial charge < -0.3 is 14.6 Å². The summed E-state index contributed by atoms with van der Waals surface area (Å²) in [4.78, 5) is 19.9. The zero-order valence-electron chi connectivity index (χ0n) is 17.6. The number of benzene rings is 1. The summed E-state index contributed by atoms with van der Waals surface area (Å²) in [6, 6.07) is 10.0. The lowest BCUT2D eigenvalue weighted by atomic mass is 10.0. The molecule has 156 valence electrons. The van der Waals surface area contributed by atoms with Crippen molar-refractivity contribution in [3.63, 3.8) is 0 Å². The summed E-state index contributed by atoms with van der Waals surface area (Å²) in [5.41, 5.74) is 5.79. The Labute approximate surface area is 181 Å². The fourth-order valence-electron chi connectivity index (χ4n) is 3.58. The van der Waals surface area contributed by atoms with Crippen LogP contribution in [-0.2, 0) is 11.2 Å². The maximum Gasteiger partial charge on any atom is 0.180 e. The SMILES string of the molecule is C/C=C(\N=C(C)Cc1cc(Cl)ccc1C)c1nc2nc(N3CCOCC3)ccc2[nH]1. The molecule has 3 heterocycles. The van der Waals surface area contributed by atoms with Gasteiger partial charge in [-0.25, -0.2) is 9.97 Å². The van der Waals surface area contributed by atoms with Gasteiger partial charge >= 0.3 is 0 Å². The normalized spacial score (nSPS) is 15.8. The minimum absolute atomic E-state index is 0.701. The van der Waals surface area contributed by atoms with Gasteiger partial charge in [0.1, 0.15) is 11.5 Å². The van der Waals surface area contributed by atoms with E-state index >= 15 is 0 Å². The van der Waals surface area contributed by atoms with Crippen molar-refractivity contribution in [3.8, 4) is 0 Å². The van der Waals surface area contributed by atoms with E-state index in [1.54, 1.807) is 0 Å². The van der Waals surface area contributed by atoms with Gasteiger partial charge in [-0.15, -0.1) is 0 Å². The van der Waals surface area contributed by atoms with Crippen LogP contribution in [0, 0.1) is 6.92 Å². The Morgan fingerprint density at radius 3 is 2.80 bits per heavy atom. The zero-order chi connectivity index (χ0) is 21.1. The predicted molar refractivity (Wildman–Crippen MR) is 124 cm³/mol. The van der Waals surface area contributed by atoms with Gasteiger partial charge in [0.15, 0.2) is 11.5 Å². The third-order valence-electron chi connectivity index (χ3n) is 5.25. The lowest BCUT2D eigenvalue weighted by Crippen LogP contribution is -2.36. The number of imidazole rings is 1. The Morgan fingerprint density at radius 1 is 1.23 bits per heavy atom. The average Bonchev–Trinajstić information content (AvgIpc) is 3.18. The van der Waals surface area contributed by atoms with E-state index < -0.39 is 0 Å². The smallest absolute Gasteiger partial charge is 0.180 e. The summed E-state index contributed by atoms with van der Waals surface area (Å²) in [5.74, 6) is 1.66. The molecule has 0 radical (unpaired) electrons. The van der Waals surface area contributed by atoms with Crippen LogP contribution in [0.2, 0.25) is 5.02 Å². The minimum Gasteiger partial charge on any atom is -0.378 e. The number of allylic oxidation sites excluding steroid dienone is 1. The van der Waals surface area contributed by atoms with Crippen LogP contribution >= 0.6 is 11.6 Å². The van der Waals surface area contributed by atoms with Crippen molar-refractivity contribution in [1.82, 2.24) is 15.0 Å². The monoisotopic (exact) mass is 423 g/mol. The summed E-state index contributed by atoms with van der Waals surface area (Å²) >= 11 is 6.16. The number of morpholine rings is 1. The fraction of sp³-hybridized carbons (Fsp3) is 0.348. The van der Waals surface area contributed by atoms with E-state index in [0.29, 0.717) is 5.65 Å². The molecule has 1 aromatic carbocycles. The number of halogens is 1. The first-order valence-electron chi connectivity index (χ1n) is 10.2. The van der Waals surface area contributed by atoms with Crippen LogP contribution in [0.4, 0.5) is 5.82 Å². The topological polar surface area (TPSA) is 66.4 Å². The van der Waals surface area contributed by atoms with E-state index in [9.17, 15) is 0 Å². The zero-order valence-corrected chi connectivity index (χ0v) is 18.3. The number of anilines is 1. The molecule has 1 aliphatic rings. The third kappa shape index (κ3) is 4.55. The average molecular weight is 424 g/mol. The predicted octanol–water partition coefficient (Wildman–Crippen LogP) is 4.82. The Hall–Kier alpha value is -2.70. The van der Waals surface area contributed by atoms with Gasteiger partial charge in [0.05, 0.1) is 18.7 Å². The molecular formula is C23H26ClN5O. The lowest BCUT2D eigenvalue weighted by molar-refractivity contribution is 0.122. The molecule has 1 N–H and O–H groups in total. The molecule has 0 aliphatic carbocycles. The van der Waals surface area contributed by atoms with Crippen LogP contribution in [0.1, 0.15) is 30.8 Å². The van der Waals surface area contributed by atoms with E-state index in [4.69, 9.17) is 31.3 Å². The van der Waals surface area contributed by atoms with E-state index in [0.717, 1.165) is 66.3 Å². The minimum atomic E-state index is 0.701. The van der Waals surface area contributed by atoms with Gasteiger partial charge in [-0.05, 0) is 56.2 Å². The number of aromatic amines is 1. The summed E-state index contributed by atoms with van der Waals surface area (Å²) in [6.07, 6.45) is 2.71. The highest BCUT2D eigenvalue weighted by Gasteiger charge is 2.15. The van der Waals surface area contributed by atoms with Gasteiger partial charge in [0.25, 0.3) is 0 Å². The molecule has 0 saturated carbocycles. The molecule has 3 aromatic rings. The van der Waals surface area contributed by atoms with Crippen molar-refractivity contribution >= 4 is 40.0 Å². The number of ether oxygens (including phenoxy) is 1. The number of aromatic nitrogens is 3. The molecule has 30 heavy (non-hydrogen) atoms. The van der Waals surface area contributed by atoms with Crippen molar-refractivity contribution in [1.29, 1.82) is 0 Å². The van der Waals surface area contributed by atoms with E-state index in [1.807, 2.05) is 50.3 Å². The Bertz CT molecular complexity index is 1110. The Morgan fingerprint density at radius 2 is 2.03 bits per heavy atom. The largest absolute Gasteiger partial charge is 0.378 e. The number of hydrogen-bond donors (Lipinski definition) is 1. The number of fused-ring (bicyclic) bond motifs is 1. The highest BCUT2D eigenvalue weighted by atomic mass is 35.5. The molecule has 1 aliphatic heterocycles. The van der Waals surface area contributed by atoms with Crippen LogP contribution in [-0.4, -0.2) is 47.0 Å². The molecule has 0 bridgehead atoms. The number of aryl methyl sites for hydroxylation is 1. The molecule has 2 aromatic heterocycles. The van der Waals surface area contributed by atoms with Crippen molar-refractivity contribution in [2.75, 3.05) is 31.2 Å². The number of pyridine rings is 1. The molecule has 0 amide bonds. The molecule has 4 rings (SSSR count). The second kappa shape index (κ2) is 8.98. The number of aliphatic imine (C=N–C) groups is 1. The number of H-pyrrole nitrogens is 1. The van der Waals surface area contributed by atoms with E-state index in [1.165, 1.54) is 11.1 Å². The van der Waals surface area contributed by atoms with Crippen LogP contribution in [0.15, 0.2) is 41.4 Å². The van der Waals surface area contributed by atoms with Gasteiger partial charge in [0.2, 0.25) is 0 Å². The van der Waals surface area contributed by atoms with E-state index in [2.05, 4.69) is 16.8 Å². The van der Waals surface area contributed by atoms with Crippen LogP contribution in [0.25, 0.3) is 16.9 Å². The Balaban J connectivity index is 1.57. The van der Waals surface area contributed by atoms with Gasteiger partial charge in [0, 0.05) is 30.2 Å². The first-order valence-corrected chi connectivity index (χ1v) is 10.6. The van der Waals surface area contributed by atoms with Gasteiger partial charge in [-0.1, -0.05) is 23.7 Å². The van der Waals surface area contributed by atoms with Crippen LogP contribution in [0.5, 0.6) is 0 Å². The number of rotatable bonds is 5. The summed E-state index contributed by atoms with van der Waals surface area (Å²) < 4.78 is 5.43. The quantitative estimate of drug-likeness (QED) is 0.597. The van der Waals surface area contributed by atoms with Crippen molar-refractivity contribution < 1.29 is 4.74 Å². The first kappa shape index (κ1) is 20.6. The molecule has 0 atom stereocenters. The molecule has 0 spiro atoms. The standard InChI is InChI=1S/C23H26ClN5O/c1-4-19(25-16(3)13-17-14-18(24)6-5-15(17)2)22-26-20-7-8-21(27-23(20)28-22)29-9-11-30-12-10-29/h4-8,14H,9-13H2,1-3H3,(H,26,27,28)/b19-4-,25-16?. The summed E-state index contributed by atoms with van der Waals surface area (Å²) in [7, 11) is 0. The summed E-state index contributed by atoms with van der Waals surface area (Å²) in [6.45, 7) is 9.25. The van der Waals surface area contributed by atoms with Crippen molar-refractivity contribution in [2.24, 2.45) is 4.99 Å². The van der Waals surface area contributed by atoms with Crippen LogP contribution in [0.3, 0.4) is 0 Å². The number of hydrogen-bond acceptors (Lipinski definition) is 5. The molecule has 1 fully saturated rings. The molecule has 1 saturated heterocycles. The molecular weight excluding hydrogens is 398 g/mol. The maximum absolute atomic E-state index is 6.16. The van der Waals surface area contributed by atoms with Crippen molar-refractivity contribution in [3.05, 3.63) is 58.4 Å². The lowest BCUT2D eigenvalue weighted by Gasteiger charge is -2.27. The first-order chi connectivity index (χ1) is 14.5. The molecule has 0 unspecified atom stereocenters. The second-order valence-corrected chi connectivity index (χ2v) is 7.93. The van der Waals surface area contributed by atoms with Gasteiger partial charge in [-0.3, -0.25) is 4.99 Å². The number of nitrogens with zero attached hydrogens (tertiary/aromatic N) is 4. The highest BCUT2D eigenvalue weighted by molar-refractivity contribution is 6.30.